The molecule has 0 atom stereocenters. The van der Waals surface area contributed by atoms with Crippen LogP contribution in [0.5, 0.6) is 0 Å². The van der Waals surface area contributed by atoms with E-state index < -0.39 is 27.4 Å². The Morgan fingerprint density at radius 2 is 1.64 bits per heavy atom. The number of halogens is 2. The van der Waals surface area contributed by atoms with Gasteiger partial charge in [-0.25, -0.2) is 22.7 Å². The molecule has 2 aliphatic rings. The van der Waals surface area contributed by atoms with Crippen LogP contribution < -0.4 is 5.14 Å². The zero-order chi connectivity index (χ0) is 20.1. The van der Waals surface area contributed by atoms with Crippen molar-refractivity contribution in [2.45, 2.75) is 36.2 Å². The number of nitrogens with two attached hydrogens (primary N) is 1. The van der Waals surface area contributed by atoms with Crippen LogP contribution in [0.25, 0.3) is 11.1 Å². The van der Waals surface area contributed by atoms with Gasteiger partial charge >= 0.3 is 5.97 Å². The third-order valence-corrected chi connectivity index (χ3v) is 6.51. The molecule has 1 aliphatic heterocycles. The zero-order valence-electron chi connectivity index (χ0n) is 14.7. The SMILES string of the molecule is NS(=O)(=O)c1ccc(C2=C(c3ccc(F)c(Cl)c3)C(=O)OC23CCCC3)cc1. The molecule has 2 aromatic rings. The van der Waals surface area contributed by atoms with E-state index in [0.717, 1.165) is 12.8 Å². The van der Waals surface area contributed by atoms with Crippen LogP contribution in [0.3, 0.4) is 0 Å². The van der Waals surface area contributed by atoms with E-state index in [9.17, 15) is 17.6 Å². The average Bonchev–Trinajstić information content (AvgIpc) is 3.21. The number of benzene rings is 2. The number of carbonyl (C=O) groups is 1. The predicted molar refractivity (Wildman–Crippen MR) is 103 cm³/mol. The second kappa shape index (κ2) is 6.69. The van der Waals surface area contributed by atoms with Crippen LogP contribution >= 0.6 is 11.6 Å². The molecule has 1 aliphatic carbocycles. The molecular weight excluding hydrogens is 405 g/mol. The van der Waals surface area contributed by atoms with Crippen molar-refractivity contribution in [2.24, 2.45) is 5.14 Å². The van der Waals surface area contributed by atoms with Crippen LogP contribution in [0.4, 0.5) is 4.39 Å². The van der Waals surface area contributed by atoms with Crippen molar-refractivity contribution in [1.82, 2.24) is 0 Å². The van der Waals surface area contributed by atoms with Gasteiger partial charge in [0.25, 0.3) is 0 Å². The molecule has 0 saturated heterocycles. The van der Waals surface area contributed by atoms with Gasteiger partial charge in [-0.15, -0.1) is 0 Å². The van der Waals surface area contributed by atoms with E-state index in [-0.39, 0.29) is 9.92 Å². The number of ether oxygens (including phenoxy) is 1. The summed E-state index contributed by atoms with van der Waals surface area (Å²) < 4.78 is 42.6. The first-order valence-corrected chi connectivity index (χ1v) is 10.7. The number of carbonyl (C=O) groups excluding carboxylic acids is 1. The van der Waals surface area contributed by atoms with E-state index in [2.05, 4.69) is 0 Å². The van der Waals surface area contributed by atoms with Gasteiger partial charge in [-0.3, -0.25) is 0 Å². The van der Waals surface area contributed by atoms with E-state index in [1.165, 1.54) is 30.3 Å². The highest BCUT2D eigenvalue weighted by Crippen LogP contribution is 2.52. The number of rotatable bonds is 3. The van der Waals surface area contributed by atoms with E-state index in [0.29, 0.717) is 35.1 Å². The summed E-state index contributed by atoms with van der Waals surface area (Å²) in [5.41, 5.74) is 1.36. The van der Waals surface area contributed by atoms with Crippen molar-refractivity contribution in [2.75, 3.05) is 0 Å². The molecule has 0 amide bonds. The maximum atomic E-state index is 13.6. The molecule has 1 fully saturated rings. The Kier molecular flexibility index (Phi) is 4.56. The van der Waals surface area contributed by atoms with E-state index in [4.69, 9.17) is 21.5 Å². The smallest absolute Gasteiger partial charge is 0.340 e. The van der Waals surface area contributed by atoms with Gasteiger partial charge in [-0.05, 0) is 61.1 Å². The molecule has 2 aromatic carbocycles. The molecule has 0 bridgehead atoms. The molecule has 0 radical (unpaired) electrons. The molecular formula is C20H17ClFNO4S. The molecule has 2 N–H and O–H groups in total. The monoisotopic (exact) mass is 421 g/mol. The third kappa shape index (κ3) is 3.13. The minimum atomic E-state index is -3.83. The van der Waals surface area contributed by atoms with Crippen LogP contribution in [-0.2, 0) is 19.6 Å². The van der Waals surface area contributed by atoms with Gasteiger partial charge in [0.15, 0.2) is 0 Å². The standard InChI is InChI=1S/C20H17ClFNO4S/c21-15-11-13(5-8-16(15)22)17-18(20(27-19(17)24)9-1-2-10-20)12-3-6-14(7-4-12)28(23,25)26/h3-8,11H,1-2,9-10H2,(H2,23,25,26). The Hall–Kier alpha value is -2.22. The Morgan fingerprint density at radius 1 is 1.04 bits per heavy atom. The van der Waals surface area contributed by atoms with Crippen LogP contribution in [0.2, 0.25) is 5.02 Å². The first kappa shape index (κ1) is 19.1. The third-order valence-electron chi connectivity index (χ3n) is 5.29. The van der Waals surface area contributed by atoms with Gasteiger partial charge in [0, 0.05) is 5.57 Å². The second-order valence-corrected chi connectivity index (χ2v) is 9.01. The number of primary sulfonamides is 1. The normalized spacial score (nSPS) is 18.8. The molecule has 146 valence electrons. The quantitative estimate of drug-likeness (QED) is 0.761. The summed E-state index contributed by atoms with van der Waals surface area (Å²) >= 11 is 5.93. The highest BCUT2D eigenvalue weighted by Gasteiger charge is 2.50. The summed E-state index contributed by atoms with van der Waals surface area (Å²) in [7, 11) is -3.83. The topological polar surface area (TPSA) is 86.5 Å². The molecule has 0 unspecified atom stereocenters. The summed E-state index contributed by atoms with van der Waals surface area (Å²) in [6.07, 6.45) is 3.15. The molecule has 5 nitrogen and oxygen atoms in total. The predicted octanol–water partition coefficient (Wildman–Crippen LogP) is 3.91. The Morgan fingerprint density at radius 3 is 2.21 bits per heavy atom. The lowest BCUT2D eigenvalue weighted by Crippen LogP contribution is -2.27. The zero-order valence-corrected chi connectivity index (χ0v) is 16.3. The lowest BCUT2D eigenvalue weighted by Gasteiger charge is -2.26. The van der Waals surface area contributed by atoms with Gasteiger partial charge in [-0.2, -0.15) is 0 Å². The average molecular weight is 422 g/mol. The fraction of sp³-hybridized carbons (Fsp3) is 0.250. The summed E-state index contributed by atoms with van der Waals surface area (Å²) in [6, 6.07) is 10.1. The van der Waals surface area contributed by atoms with Crippen molar-refractivity contribution < 1.29 is 22.3 Å². The van der Waals surface area contributed by atoms with Crippen molar-refractivity contribution >= 4 is 38.7 Å². The number of hydrogen-bond acceptors (Lipinski definition) is 4. The molecule has 4 rings (SSSR count). The van der Waals surface area contributed by atoms with Crippen LogP contribution in [0.1, 0.15) is 36.8 Å². The van der Waals surface area contributed by atoms with Crippen molar-refractivity contribution in [1.29, 1.82) is 0 Å². The van der Waals surface area contributed by atoms with Gasteiger partial charge in [0.2, 0.25) is 10.0 Å². The van der Waals surface area contributed by atoms with Gasteiger partial charge in [0.05, 0.1) is 15.5 Å². The van der Waals surface area contributed by atoms with Crippen LogP contribution in [-0.4, -0.2) is 20.0 Å². The summed E-state index contributed by atoms with van der Waals surface area (Å²) in [5, 5.41) is 5.09. The van der Waals surface area contributed by atoms with E-state index >= 15 is 0 Å². The molecule has 1 spiro atoms. The molecule has 1 heterocycles. The molecule has 0 aromatic heterocycles. The Balaban J connectivity index is 1.94. The van der Waals surface area contributed by atoms with Gasteiger partial charge in [0.1, 0.15) is 11.4 Å². The Labute approximate surface area is 167 Å². The molecule has 1 saturated carbocycles. The lowest BCUT2D eigenvalue weighted by atomic mass is 9.83. The summed E-state index contributed by atoms with van der Waals surface area (Å²) in [4.78, 5) is 12.8. The first-order valence-electron chi connectivity index (χ1n) is 8.78. The maximum absolute atomic E-state index is 13.6. The van der Waals surface area contributed by atoms with Crippen molar-refractivity contribution in [3.8, 4) is 0 Å². The minimum absolute atomic E-state index is 0.0195. The molecule has 8 heteroatoms. The van der Waals surface area contributed by atoms with Gasteiger partial charge in [-0.1, -0.05) is 29.8 Å². The number of sulfonamides is 1. The van der Waals surface area contributed by atoms with Crippen molar-refractivity contribution in [3.63, 3.8) is 0 Å². The lowest BCUT2D eigenvalue weighted by molar-refractivity contribution is -0.143. The minimum Gasteiger partial charge on any atom is -0.451 e. The van der Waals surface area contributed by atoms with Crippen molar-refractivity contribution in [3.05, 3.63) is 64.4 Å². The first-order chi connectivity index (χ1) is 13.2. The highest BCUT2D eigenvalue weighted by molar-refractivity contribution is 7.89. The van der Waals surface area contributed by atoms with E-state index in [1.54, 1.807) is 12.1 Å². The Bertz CT molecular complexity index is 1100. The van der Waals surface area contributed by atoms with Gasteiger partial charge < -0.3 is 4.74 Å². The highest BCUT2D eigenvalue weighted by atomic mass is 35.5. The van der Waals surface area contributed by atoms with E-state index in [1.807, 2.05) is 0 Å². The van der Waals surface area contributed by atoms with Crippen LogP contribution in [0, 0.1) is 5.82 Å². The summed E-state index contributed by atoms with van der Waals surface area (Å²) in [5.74, 6) is -1.07. The maximum Gasteiger partial charge on any atom is 0.340 e. The second-order valence-electron chi connectivity index (χ2n) is 7.04. The number of esters is 1. The molecule has 28 heavy (non-hydrogen) atoms. The number of hydrogen-bond donors (Lipinski definition) is 1. The summed E-state index contributed by atoms with van der Waals surface area (Å²) in [6.45, 7) is 0. The van der Waals surface area contributed by atoms with Crippen LogP contribution in [0.15, 0.2) is 47.4 Å². The largest absolute Gasteiger partial charge is 0.451 e. The fourth-order valence-electron chi connectivity index (χ4n) is 4.04. The fourth-order valence-corrected chi connectivity index (χ4v) is 4.74.